The standard InChI is InChI=1S/C18H25NO3/c1-3-4-13-21-14(2)18(20)19-15-9-11-17(12-10-15)22-16-7-5-6-8-16/h3,9-12,14,16H,1,4-8,13H2,2H3,(H,19,20). The number of anilines is 1. The van der Waals surface area contributed by atoms with Crippen molar-refractivity contribution in [3.63, 3.8) is 0 Å². The maximum Gasteiger partial charge on any atom is 0.253 e. The summed E-state index contributed by atoms with van der Waals surface area (Å²) >= 11 is 0. The molecule has 120 valence electrons. The highest BCUT2D eigenvalue weighted by Gasteiger charge is 2.16. The van der Waals surface area contributed by atoms with E-state index >= 15 is 0 Å². The molecule has 1 saturated carbocycles. The molecule has 0 aliphatic heterocycles. The van der Waals surface area contributed by atoms with Crippen LogP contribution in [0.5, 0.6) is 5.75 Å². The minimum Gasteiger partial charge on any atom is -0.490 e. The van der Waals surface area contributed by atoms with Gasteiger partial charge in [-0.2, -0.15) is 0 Å². The van der Waals surface area contributed by atoms with E-state index in [0.29, 0.717) is 12.7 Å². The van der Waals surface area contributed by atoms with Crippen LogP contribution in [0, 0.1) is 0 Å². The van der Waals surface area contributed by atoms with Crippen molar-refractivity contribution >= 4 is 11.6 Å². The number of nitrogens with one attached hydrogen (secondary N) is 1. The first-order valence-corrected chi connectivity index (χ1v) is 7.99. The first-order chi connectivity index (χ1) is 10.7. The number of ether oxygens (including phenoxy) is 2. The van der Waals surface area contributed by atoms with Crippen molar-refractivity contribution in [1.82, 2.24) is 0 Å². The van der Waals surface area contributed by atoms with Crippen LogP contribution >= 0.6 is 0 Å². The average Bonchev–Trinajstić information content (AvgIpc) is 3.02. The van der Waals surface area contributed by atoms with Crippen LogP contribution in [0.1, 0.15) is 39.0 Å². The molecule has 1 unspecified atom stereocenters. The van der Waals surface area contributed by atoms with Crippen molar-refractivity contribution in [2.45, 2.75) is 51.2 Å². The molecule has 0 spiro atoms. The molecule has 1 fully saturated rings. The molecule has 1 aliphatic rings. The van der Waals surface area contributed by atoms with E-state index in [1.807, 2.05) is 24.3 Å². The summed E-state index contributed by atoms with van der Waals surface area (Å²) in [6.07, 6.45) is 7.16. The zero-order valence-corrected chi connectivity index (χ0v) is 13.2. The Kier molecular flexibility index (Phi) is 6.46. The Morgan fingerprint density at radius 3 is 2.68 bits per heavy atom. The van der Waals surface area contributed by atoms with E-state index in [1.54, 1.807) is 13.0 Å². The zero-order valence-electron chi connectivity index (χ0n) is 13.2. The highest BCUT2D eigenvalue weighted by molar-refractivity contribution is 5.93. The third-order valence-corrected chi connectivity index (χ3v) is 3.79. The number of carbonyl (C=O) groups is 1. The fourth-order valence-corrected chi connectivity index (χ4v) is 2.46. The number of rotatable bonds is 8. The van der Waals surface area contributed by atoms with Crippen molar-refractivity contribution < 1.29 is 14.3 Å². The molecule has 0 heterocycles. The van der Waals surface area contributed by atoms with Crippen LogP contribution in [0.2, 0.25) is 0 Å². The highest BCUT2D eigenvalue weighted by atomic mass is 16.5. The normalized spacial score (nSPS) is 16.2. The van der Waals surface area contributed by atoms with E-state index < -0.39 is 6.10 Å². The van der Waals surface area contributed by atoms with Crippen molar-refractivity contribution in [2.24, 2.45) is 0 Å². The van der Waals surface area contributed by atoms with E-state index in [4.69, 9.17) is 9.47 Å². The monoisotopic (exact) mass is 303 g/mol. The second kappa shape index (κ2) is 8.59. The molecule has 1 aliphatic carbocycles. The van der Waals surface area contributed by atoms with E-state index in [-0.39, 0.29) is 5.91 Å². The second-order valence-corrected chi connectivity index (χ2v) is 5.63. The van der Waals surface area contributed by atoms with Crippen LogP contribution in [-0.2, 0) is 9.53 Å². The third kappa shape index (κ3) is 5.19. The lowest BCUT2D eigenvalue weighted by Crippen LogP contribution is -2.28. The average molecular weight is 303 g/mol. The van der Waals surface area contributed by atoms with E-state index in [2.05, 4.69) is 11.9 Å². The zero-order chi connectivity index (χ0) is 15.8. The van der Waals surface area contributed by atoms with Gasteiger partial charge in [-0.3, -0.25) is 4.79 Å². The van der Waals surface area contributed by atoms with Crippen LogP contribution < -0.4 is 10.1 Å². The third-order valence-electron chi connectivity index (χ3n) is 3.79. The number of hydrogen-bond acceptors (Lipinski definition) is 3. The lowest BCUT2D eigenvalue weighted by Gasteiger charge is -2.15. The molecule has 4 nitrogen and oxygen atoms in total. The molecule has 0 aromatic heterocycles. The van der Waals surface area contributed by atoms with Gasteiger partial charge in [-0.25, -0.2) is 0 Å². The van der Waals surface area contributed by atoms with Gasteiger partial charge in [-0.05, 0) is 63.3 Å². The topological polar surface area (TPSA) is 47.6 Å². The van der Waals surface area contributed by atoms with Gasteiger partial charge in [0.2, 0.25) is 0 Å². The maximum absolute atomic E-state index is 12.0. The predicted molar refractivity (Wildman–Crippen MR) is 88.2 cm³/mol. The highest BCUT2D eigenvalue weighted by Crippen LogP contribution is 2.25. The summed E-state index contributed by atoms with van der Waals surface area (Å²) in [5.74, 6) is 0.716. The second-order valence-electron chi connectivity index (χ2n) is 5.63. The van der Waals surface area contributed by atoms with Gasteiger partial charge in [0.05, 0.1) is 12.7 Å². The van der Waals surface area contributed by atoms with Gasteiger partial charge in [-0.15, -0.1) is 6.58 Å². The minimum atomic E-state index is -0.477. The summed E-state index contributed by atoms with van der Waals surface area (Å²) in [6, 6.07) is 7.52. The predicted octanol–water partition coefficient (Wildman–Crippen LogP) is 3.93. The Labute approximate surface area is 132 Å². The van der Waals surface area contributed by atoms with Gasteiger partial charge in [0.1, 0.15) is 11.9 Å². The van der Waals surface area contributed by atoms with Gasteiger partial charge in [0.25, 0.3) is 5.91 Å². The quantitative estimate of drug-likeness (QED) is 0.585. The van der Waals surface area contributed by atoms with Gasteiger partial charge in [0, 0.05) is 5.69 Å². The van der Waals surface area contributed by atoms with Crippen molar-refractivity contribution in [3.05, 3.63) is 36.9 Å². The van der Waals surface area contributed by atoms with Crippen LogP contribution in [0.15, 0.2) is 36.9 Å². The van der Waals surface area contributed by atoms with Gasteiger partial charge >= 0.3 is 0 Å². The molecule has 1 aromatic rings. The largest absolute Gasteiger partial charge is 0.490 e. The molecular formula is C18H25NO3. The fourth-order valence-electron chi connectivity index (χ4n) is 2.46. The maximum atomic E-state index is 12.0. The summed E-state index contributed by atoms with van der Waals surface area (Å²) in [4.78, 5) is 12.0. The van der Waals surface area contributed by atoms with Crippen LogP contribution in [0.4, 0.5) is 5.69 Å². The van der Waals surface area contributed by atoms with Crippen molar-refractivity contribution in [1.29, 1.82) is 0 Å². The van der Waals surface area contributed by atoms with Gasteiger partial charge in [0.15, 0.2) is 0 Å². The Morgan fingerprint density at radius 1 is 1.36 bits per heavy atom. The SMILES string of the molecule is C=CCCOC(C)C(=O)Nc1ccc(OC2CCCC2)cc1. The van der Waals surface area contributed by atoms with Crippen molar-refractivity contribution in [3.8, 4) is 5.75 Å². The molecular weight excluding hydrogens is 278 g/mol. The van der Waals surface area contributed by atoms with Crippen molar-refractivity contribution in [2.75, 3.05) is 11.9 Å². The number of amides is 1. The molecule has 0 radical (unpaired) electrons. The number of hydrogen-bond donors (Lipinski definition) is 1. The fraction of sp³-hybridized carbons (Fsp3) is 0.500. The Balaban J connectivity index is 1.79. The molecule has 1 amide bonds. The number of benzene rings is 1. The number of carbonyl (C=O) groups excluding carboxylic acids is 1. The summed E-state index contributed by atoms with van der Waals surface area (Å²) < 4.78 is 11.3. The summed E-state index contributed by atoms with van der Waals surface area (Å²) in [6.45, 7) is 5.87. The first kappa shape index (κ1) is 16.6. The van der Waals surface area contributed by atoms with Crippen LogP contribution in [0.3, 0.4) is 0 Å². The Bertz CT molecular complexity index is 478. The van der Waals surface area contributed by atoms with Crippen LogP contribution in [0.25, 0.3) is 0 Å². The van der Waals surface area contributed by atoms with E-state index in [1.165, 1.54) is 12.8 Å². The molecule has 4 heteroatoms. The molecule has 1 N–H and O–H groups in total. The van der Waals surface area contributed by atoms with Gasteiger partial charge in [-0.1, -0.05) is 6.08 Å². The Morgan fingerprint density at radius 2 is 2.05 bits per heavy atom. The van der Waals surface area contributed by atoms with E-state index in [9.17, 15) is 4.79 Å². The van der Waals surface area contributed by atoms with Crippen LogP contribution in [-0.4, -0.2) is 24.7 Å². The molecule has 0 bridgehead atoms. The lowest BCUT2D eigenvalue weighted by molar-refractivity contribution is -0.126. The Hall–Kier alpha value is -1.81. The first-order valence-electron chi connectivity index (χ1n) is 7.99. The van der Waals surface area contributed by atoms with E-state index in [0.717, 1.165) is 30.7 Å². The summed E-state index contributed by atoms with van der Waals surface area (Å²) in [7, 11) is 0. The van der Waals surface area contributed by atoms with Gasteiger partial charge < -0.3 is 14.8 Å². The summed E-state index contributed by atoms with van der Waals surface area (Å²) in [5, 5.41) is 2.84. The molecule has 22 heavy (non-hydrogen) atoms. The lowest BCUT2D eigenvalue weighted by atomic mass is 10.2. The summed E-state index contributed by atoms with van der Waals surface area (Å²) in [5.41, 5.74) is 0.753. The molecule has 1 aromatic carbocycles. The minimum absolute atomic E-state index is 0.145. The molecule has 1 atom stereocenters. The molecule has 2 rings (SSSR count). The smallest absolute Gasteiger partial charge is 0.253 e. The molecule has 0 saturated heterocycles.